The fraction of sp³-hybridized carbons (Fsp3) is 0.0492. The van der Waals surface area contributed by atoms with Crippen LogP contribution in [0.2, 0.25) is 0 Å². The molecule has 0 fully saturated rings. The van der Waals surface area contributed by atoms with Crippen LogP contribution in [0.5, 0.6) is 0 Å². The maximum Gasteiger partial charge on any atom is 0.200 e. The van der Waals surface area contributed by atoms with Crippen molar-refractivity contribution in [1.82, 2.24) is 0 Å². The number of rotatable bonds is 9. The summed E-state index contributed by atoms with van der Waals surface area (Å²) in [6, 6.07) is 0. The van der Waals surface area contributed by atoms with E-state index in [-0.39, 0.29) is 6.92 Å². The van der Waals surface area contributed by atoms with E-state index in [1.165, 1.54) is 0 Å². The molecule has 2 atom stereocenters. The van der Waals surface area contributed by atoms with E-state index in [4.69, 9.17) is 0 Å². The van der Waals surface area contributed by atoms with Crippen molar-refractivity contribution in [2.24, 2.45) is 0 Å². The van der Waals surface area contributed by atoms with Crippen molar-refractivity contribution in [1.29, 1.82) is 0 Å². The molecule has 41 heteroatoms. The Kier molecular flexibility index (Phi) is 18.4. The Labute approximate surface area is 531 Å². The molecule has 1 aliphatic carbocycles. The molecule has 0 amide bonds. The Hall–Kier alpha value is -10.4. The van der Waals surface area contributed by atoms with Gasteiger partial charge in [0.15, 0.2) is 163 Å². The van der Waals surface area contributed by atoms with Gasteiger partial charge in [-0.1, -0.05) is 0 Å². The minimum atomic E-state index is -5.14. The lowest BCUT2D eigenvalue weighted by Crippen LogP contribution is -2.26. The van der Waals surface area contributed by atoms with Gasteiger partial charge in [-0.25, -0.2) is 180 Å². The van der Waals surface area contributed by atoms with E-state index in [2.05, 4.69) is 0 Å². The molecule has 536 valence electrons. The zero-order chi connectivity index (χ0) is 76.6. The van der Waals surface area contributed by atoms with Gasteiger partial charge >= 0.3 is 0 Å². The molecule has 9 aromatic carbocycles. The summed E-state index contributed by atoms with van der Waals surface area (Å²) in [5.74, 6) is -151. The van der Waals surface area contributed by atoms with E-state index in [1.807, 2.05) is 0 Å². The fourth-order valence-corrected chi connectivity index (χ4v) is 10.7. The van der Waals surface area contributed by atoms with E-state index < -0.39 is 345 Å². The zero-order valence-electron chi connectivity index (χ0n) is 46.7. The maximum absolute atomic E-state index is 18.0. The molecule has 10 rings (SSSR count). The van der Waals surface area contributed by atoms with Gasteiger partial charge in [0.2, 0.25) is 23.3 Å². The third-order valence-electron chi connectivity index (χ3n) is 15.4. The monoisotopic (exact) mass is 1520 g/mol. The molecule has 0 N–H and O–H groups in total. The molecule has 0 spiro atoms. The highest BCUT2D eigenvalue weighted by molar-refractivity contribution is 5.90. The molecule has 0 saturated heterocycles. The van der Waals surface area contributed by atoms with Gasteiger partial charge in [0.1, 0.15) is 52.4 Å². The summed E-state index contributed by atoms with van der Waals surface area (Å²) in [6.45, 7) is -0.303. The topological polar surface area (TPSA) is 0 Å². The molecule has 0 bridgehead atoms. The van der Waals surface area contributed by atoms with Gasteiger partial charge in [0.05, 0.1) is 89.4 Å². The first-order chi connectivity index (χ1) is 47.2. The minimum Gasteiger partial charge on any atom is -0.239 e. The van der Waals surface area contributed by atoms with Gasteiger partial charge in [-0.2, -0.15) is 0 Å². The molecular weight excluding hydrogens is 1510 g/mol. The largest absolute Gasteiger partial charge is 0.239 e. The Bertz CT molecular complexity index is 5060. The molecule has 9 aromatic rings. The molecule has 2 unspecified atom stereocenters. The number of allylic oxidation sites excluding steroid dienone is 4. The second-order valence-electron chi connectivity index (χ2n) is 20.5. The van der Waals surface area contributed by atoms with Crippen LogP contribution in [0, 0.1) is 222 Å². The van der Waals surface area contributed by atoms with Crippen LogP contribution in [0.3, 0.4) is 0 Å². The van der Waals surface area contributed by atoms with E-state index in [1.54, 1.807) is 0 Å². The predicted molar refractivity (Wildman–Crippen MR) is 259 cm³/mol. The first-order valence-electron chi connectivity index (χ1n) is 25.7. The summed E-state index contributed by atoms with van der Waals surface area (Å²) in [5, 5.41) is 0. The average molecular weight is 1520 g/mol. The Morgan fingerprint density at radius 1 is 0.157 bits per heavy atom. The molecule has 0 aromatic heterocycles. The van der Waals surface area contributed by atoms with Crippen molar-refractivity contribution in [2.45, 2.75) is 19.0 Å². The summed E-state index contributed by atoms with van der Waals surface area (Å²) in [5.41, 5.74) is -61.4. The number of halogens is 41. The van der Waals surface area contributed by atoms with Crippen molar-refractivity contribution < 1.29 is 180 Å². The molecule has 0 saturated carbocycles. The van der Waals surface area contributed by atoms with E-state index >= 15 is 127 Å². The summed E-state index contributed by atoms with van der Waals surface area (Å²) >= 11 is 0. The Morgan fingerprint density at radius 2 is 0.314 bits per heavy atom. The second-order valence-corrected chi connectivity index (χ2v) is 20.5. The lowest BCUT2D eigenvalue weighted by atomic mass is 9.79. The van der Waals surface area contributed by atoms with Gasteiger partial charge < -0.3 is 0 Å². The highest BCUT2D eigenvalue weighted by Crippen LogP contribution is 2.56. The van der Waals surface area contributed by atoms with Crippen molar-refractivity contribution >= 4 is 5.57 Å². The molecule has 0 nitrogen and oxygen atoms in total. The quantitative estimate of drug-likeness (QED) is 0.0768. The first kappa shape index (κ1) is 74.3. The second kappa shape index (κ2) is 25.3. The van der Waals surface area contributed by atoms with E-state index in [0.29, 0.717) is 0 Å². The average Bonchev–Trinajstić information content (AvgIpc) is 0.702. The van der Waals surface area contributed by atoms with Crippen LogP contribution >= 0.6 is 0 Å². The van der Waals surface area contributed by atoms with Crippen LogP contribution in [0.15, 0.2) is 17.5 Å². The summed E-state index contributed by atoms with van der Waals surface area (Å²) in [4.78, 5) is 0. The molecule has 1 aliphatic rings. The number of hydrogen-bond acceptors (Lipinski definition) is 0. The van der Waals surface area contributed by atoms with Crippen LogP contribution in [-0.2, 0) is 0 Å². The van der Waals surface area contributed by atoms with Gasteiger partial charge in [-0.05, 0) is 12.5 Å². The summed E-state index contributed by atoms with van der Waals surface area (Å²) in [6.07, 6.45) is -5.14. The van der Waals surface area contributed by atoms with Crippen LogP contribution in [0.4, 0.5) is 180 Å². The standard InChI is InChI=1S/C61H5F41/c1-2-3(4-42(83)50(91)58(99)51(92)43(4)84)28(69)29(70)5(21(2)62)6-22(63)7(24(65)9(23(6)64)12-30(71)36(77)15(37(78)31(12)72)18-44(85)52(93)59(100)53(94)45(18)86)8-25(66)10(13-32(73)38(79)16(39(80)33(13)74)19-46(87)54(95)60(101)55(96)47(19)88)27(68)11(26(8)67)14-34(75)40(81)17(41(82)35(14)76)20-48(89)56(97)61(102)57(98)49(20)90/h12,30H,1H3. The van der Waals surface area contributed by atoms with E-state index in [9.17, 15) is 52.7 Å². The van der Waals surface area contributed by atoms with Gasteiger partial charge in [-0.15, -0.1) is 0 Å². The number of hydrogen-bond donors (Lipinski definition) is 0. The van der Waals surface area contributed by atoms with Crippen LogP contribution in [0.1, 0.15) is 22.6 Å². The number of alkyl halides is 1. The third-order valence-corrected chi connectivity index (χ3v) is 15.4. The summed E-state index contributed by atoms with van der Waals surface area (Å²) in [7, 11) is 0. The third kappa shape index (κ3) is 9.97. The highest BCUT2D eigenvalue weighted by Gasteiger charge is 2.50. The normalized spacial score (nSPS) is 14.3. The maximum atomic E-state index is 18.0. The van der Waals surface area contributed by atoms with E-state index in [0.717, 1.165) is 0 Å². The molecule has 0 radical (unpaired) electrons. The predicted octanol–water partition coefficient (Wildman–Crippen LogP) is 22.8. The molecule has 0 heterocycles. The minimum absolute atomic E-state index is 0.303. The molecule has 0 aliphatic heterocycles. The fourth-order valence-electron chi connectivity index (χ4n) is 10.7. The smallest absolute Gasteiger partial charge is 0.200 e. The van der Waals surface area contributed by atoms with Crippen molar-refractivity contribution in [3.8, 4) is 77.9 Å². The van der Waals surface area contributed by atoms with Crippen LogP contribution in [0.25, 0.3) is 83.5 Å². The van der Waals surface area contributed by atoms with Crippen molar-refractivity contribution in [2.75, 3.05) is 0 Å². The van der Waals surface area contributed by atoms with Crippen molar-refractivity contribution in [3.05, 3.63) is 249 Å². The Balaban J connectivity index is 1.45. The first-order valence-corrected chi connectivity index (χ1v) is 25.7. The SMILES string of the molecule is Cc1c(F)c(-c2c(F)c(-c3c(F)c(-c4c(F)c(F)c(-c5c(F)c(F)c(F)c(F)c5F)c(F)c4F)c(F)c(-c4c(F)c(F)c(-c5c(F)c(F)c(F)c(F)c5F)c(F)c4F)c3F)c(F)c(C3C(F)=C(F)C(c4c(F)c(F)c(F)c(F)c4F)=C(F)C3F)c2F)c(F)c(F)c1-c1c(F)c(F)c(F)c(F)c1F. The van der Waals surface area contributed by atoms with Gasteiger partial charge in [0, 0.05) is 11.1 Å². The highest BCUT2D eigenvalue weighted by atomic mass is 19.2. The van der Waals surface area contributed by atoms with Gasteiger partial charge in [0.25, 0.3) is 0 Å². The summed E-state index contributed by atoms with van der Waals surface area (Å²) < 4.78 is 647. The lowest BCUT2D eigenvalue weighted by molar-refractivity contribution is 0.259. The lowest BCUT2D eigenvalue weighted by Gasteiger charge is -2.29. The zero-order valence-corrected chi connectivity index (χ0v) is 46.7. The van der Waals surface area contributed by atoms with Gasteiger partial charge in [-0.3, -0.25) is 0 Å². The number of benzene rings is 9. The van der Waals surface area contributed by atoms with Crippen LogP contribution < -0.4 is 0 Å². The molecule has 102 heavy (non-hydrogen) atoms. The van der Waals surface area contributed by atoms with Crippen LogP contribution in [-0.4, -0.2) is 6.17 Å². The molecular formula is C61H5F41. The van der Waals surface area contributed by atoms with Crippen molar-refractivity contribution in [3.63, 3.8) is 0 Å². The Morgan fingerprint density at radius 3 is 0.549 bits per heavy atom.